The number of carbonyl (C=O) groups is 1. The first kappa shape index (κ1) is 11.3. The van der Waals surface area contributed by atoms with Crippen LogP contribution in [0.25, 0.3) is 0 Å². The molecule has 5 nitrogen and oxygen atoms in total. The van der Waals surface area contributed by atoms with E-state index in [2.05, 4.69) is 10.3 Å². The number of urea groups is 1. The van der Waals surface area contributed by atoms with E-state index in [0.29, 0.717) is 26.3 Å². The van der Waals surface area contributed by atoms with Gasteiger partial charge in [-0.05, 0) is 6.92 Å². The molecule has 88 valence electrons. The molecular formula is C10H15N3O2S. The molecule has 1 aromatic heterocycles. The van der Waals surface area contributed by atoms with Gasteiger partial charge in [-0.1, -0.05) is 0 Å². The molecule has 2 rings (SSSR count). The van der Waals surface area contributed by atoms with Gasteiger partial charge in [-0.15, -0.1) is 11.3 Å². The molecule has 1 fully saturated rings. The lowest BCUT2D eigenvalue weighted by atomic mass is 10.3. The third-order valence-corrected chi connectivity index (χ3v) is 3.42. The summed E-state index contributed by atoms with van der Waals surface area (Å²) in [5, 5.41) is 5.77. The number of nitrogens with zero attached hydrogens (tertiary/aromatic N) is 2. The van der Waals surface area contributed by atoms with Crippen LogP contribution in [0.1, 0.15) is 18.0 Å². The summed E-state index contributed by atoms with van der Waals surface area (Å²) >= 11 is 1.55. The van der Waals surface area contributed by atoms with E-state index in [0.717, 1.165) is 5.01 Å². The summed E-state index contributed by atoms with van der Waals surface area (Å²) in [7, 11) is 0. The number of carbonyl (C=O) groups excluding carboxylic acids is 1. The Kier molecular flexibility index (Phi) is 3.74. The molecule has 0 bridgehead atoms. The Morgan fingerprint density at radius 3 is 3.00 bits per heavy atom. The van der Waals surface area contributed by atoms with Crippen LogP contribution in [-0.2, 0) is 4.74 Å². The molecule has 1 aliphatic rings. The first-order valence-corrected chi connectivity index (χ1v) is 6.18. The molecule has 2 amide bonds. The van der Waals surface area contributed by atoms with E-state index < -0.39 is 0 Å². The highest BCUT2D eigenvalue weighted by molar-refractivity contribution is 7.09. The molecule has 2 heterocycles. The number of nitrogens with one attached hydrogen (secondary N) is 1. The van der Waals surface area contributed by atoms with Crippen molar-refractivity contribution in [2.75, 3.05) is 26.3 Å². The predicted molar refractivity (Wildman–Crippen MR) is 61.5 cm³/mol. The van der Waals surface area contributed by atoms with E-state index in [-0.39, 0.29) is 12.1 Å². The van der Waals surface area contributed by atoms with Crippen molar-refractivity contribution in [1.82, 2.24) is 15.2 Å². The second kappa shape index (κ2) is 5.27. The van der Waals surface area contributed by atoms with Crippen LogP contribution in [0.3, 0.4) is 0 Å². The fourth-order valence-electron chi connectivity index (χ4n) is 1.55. The van der Waals surface area contributed by atoms with Crippen LogP contribution in [0, 0.1) is 0 Å². The minimum Gasteiger partial charge on any atom is -0.378 e. The van der Waals surface area contributed by atoms with E-state index >= 15 is 0 Å². The van der Waals surface area contributed by atoms with Gasteiger partial charge >= 0.3 is 6.03 Å². The molecule has 1 aromatic rings. The Hall–Kier alpha value is -1.14. The highest BCUT2D eigenvalue weighted by Crippen LogP contribution is 2.15. The van der Waals surface area contributed by atoms with E-state index in [1.807, 2.05) is 12.3 Å². The first-order valence-electron chi connectivity index (χ1n) is 5.30. The summed E-state index contributed by atoms with van der Waals surface area (Å²) in [6.07, 6.45) is 1.75. The summed E-state index contributed by atoms with van der Waals surface area (Å²) in [4.78, 5) is 17.8. The topological polar surface area (TPSA) is 54.5 Å². The van der Waals surface area contributed by atoms with Crippen LogP contribution < -0.4 is 5.32 Å². The van der Waals surface area contributed by atoms with Gasteiger partial charge in [-0.3, -0.25) is 0 Å². The van der Waals surface area contributed by atoms with Gasteiger partial charge in [0.2, 0.25) is 0 Å². The summed E-state index contributed by atoms with van der Waals surface area (Å²) < 4.78 is 5.20. The summed E-state index contributed by atoms with van der Waals surface area (Å²) in [5.41, 5.74) is 0. The van der Waals surface area contributed by atoms with Gasteiger partial charge in [0.25, 0.3) is 0 Å². The molecule has 0 aromatic carbocycles. The van der Waals surface area contributed by atoms with Crippen LogP contribution >= 0.6 is 11.3 Å². The molecule has 6 heteroatoms. The Balaban J connectivity index is 1.86. The van der Waals surface area contributed by atoms with Gasteiger partial charge in [0, 0.05) is 24.7 Å². The predicted octanol–water partition coefficient (Wildman–Crippen LogP) is 1.25. The average molecular weight is 241 g/mol. The third kappa shape index (κ3) is 2.70. The lowest BCUT2D eigenvalue weighted by Crippen LogP contribution is -2.46. The van der Waals surface area contributed by atoms with Gasteiger partial charge in [-0.25, -0.2) is 9.78 Å². The molecule has 16 heavy (non-hydrogen) atoms. The van der Waals surface area contributed by atoms with Gasteiger partial charge in [0.15, 0.2) is 0 Å². The van der Waals surface area contributed by atoms with Crippen molar-refractivity contribution in [2.24, 2.45) is 0 Å². The van der Waals surface area contributed by atoms with Gasteiger partial charge in [0.1, 0.15) is 5.01 Å². The van der Waals surface area contributed by atoms with Crippen molar-refractivity contribution in [1.29, 1.82) is 0 Å². The number of ether oxygens (including phenoxy) is 1. The van der Waals surface area contributed by atoms with E-state index in [4.69, 9.17) is 4.74 Å². The summed E-state index contributed by atoms with van der Waals surface area (Å²) in [5.74, 6) is 0. The van der Waals surface area contributed by atoms with Gasteiger partial charge < -0.3 is 15.0 Å². The molecule has 0 aliphatic carbocycles. The molecule has 1 N–H and O–H groups in total. The monoisotopic (exact) mass is 241 g/mol. The maximum absolute atomic E-state index is 11.8. The van der Waals surface area contributed by atoms with E-state index in [9.17, 15) is 4.79 Å². The zero-order valence-electron chi connectivity index (χ0n) is 9.18. The van der Waals surface area contributed by atoms with E-state index in [1.165, 1.54) is 0 Å². The van der Waals surface area contributed by atoms with Crippen molar-refractivity contribution in [3.05, 3.63) is 16.6 Å². The zero-order valence-corrected chi connectivity index (χ0v) is 10.00. The maximum Gasteiger partial charge on any atom is 0.318 e. The van der Waals surface area contributed by atoms with Crippen LogP contribution in [0.15, 0.2) is 11.6 Å². The normalized spacial score (nSPS) is 18.2. The smallest absolute Gasteiger partial charge is 0.318 e. The van der Waals surface area contributed by atoms with Crippen LogP contribution in [0.2, 0.25) is 0 Å². The minimum atomic E-state index is -0.0361. The van der Waals surface area contributed by atoms with Gasteiger partial charge in [-0.2, -0.15) is 0 Å². The molecule has 1 unspecified atom stereocenters. The number of aromatic nitrogens is 1. The number of thiazole rings is 1. The lowest BCUT2D eigenvalue weighted by molar-refractivity contribution is 0.0526. The Morgan fingerprint density at radius 1 is 1.62 bits per heavy atom. The SMILES string of the molecule is CC(NC(=O)N1CCOCC1)c1nccs1. The second-order valence-electron chi connectivity index (χ2n) is 3.64. The van der Waals surface area contributed by atoms with Crippen molar-refractivity contribution in [2.45, 2.75) is 13.0 Å². The molecule has 0 radical (unpaired) electrons. The quantitative estimate of drug-likeness (QED) is 0.847. The number of hydrogen-bond donors (Lipinski definition) is 1. The molecule has 1 aliphatic heterocycles. The minimum absolute atomic E-state index is 0.0321. The molecule has 0 spiro atoms. The Morgan fingerprint density at radius 2 is 2.38 bits per heavy atom. The maximum atomic E-state index is 11.8. The standard InChI is InChI=1S/C10H15N3O2S/c1-8(9-11-2-7-16-9)12-10(14)13-3-5-15-6-4-13/h2,7-8H,3-6H2,1H3,(H,12,14). The Labute approximate surface area is 98.4 Å². The number of amides is 2. The highest BCUT2D eigenvalue weighted by Gasteiger charge is 2.19. The number of morpholine rings is 1. The Bertz CT molecular complexity index is 336. The van der Waals surface area contributed by atoms with Gasteiger partial charge in [0.05, 0.1) is 19.3 Å². The van der Waals surface area contributed by atoms with Crippen molar-refractivity contribution >= 4 is 17.4 Å². The lowest BCUT2D eigenvalue weighted by Gasteiger charge is -2.28. The fourth-order valence-corrected chi connectivity index (χ4v) is 2.20. The molecular weight excluding hydrogens is 226 g/mol. The fraction of sp³-hybridized carbons (Fsp3) is 0.600. The van der Waals surface area contributed by atoms with Crippen molar-refractivity contribution < 1.29 is 9.53 Å². The average Bonchev–Trinajstić information content (AvgIpc) is 2.83. The zero-order chi connectivity index (χ0) is 11.4. The number of rotatable bonds is 2. The van der Waals surface area contributed by atoms with Crippen molar-refractivity contribution in [3.8, 4) is 0 Å². The largest absolute Gasteiger partial charge is 0.378 e. The summed E-state index contributed by atoms with van der Waals surface area (Å²) in [6.45, 7) is 4.52. The number of hydrogen-bond acceptors (Lipinski definition) is 4. The highest BCUT2D eigenvalue weighted by atomic mass is 32.1. The molecule has 0 saturated carbocycles. The van der Waals surface area contributed by atoms with E-state index in [1.54, 1.807) is 22.4 Å². The first-order chi connectivity index (χ1) is 7.77. The summed E-state index contributed by atoms with van der Waals surface area (Å²) in [6, 6.07) is -0.0682. The third-order valence-electron chi connectivity index (χ3n) is 2.46. The molecule has 1 atom stereocenters. The van der Waals surface area contributed by atoms with Crippen molar-refractivity contribution in [3.63, 3.8) is 0 Å². The molecule has 1 saturated heterocycles. The van der Waals surface area contributed by atoms with Crippen LogP contribution in [0.5, 0.6) is 0 Å². The van der Waals surface area contributed by atoms with Crippen LogP contribution in [-0.4, -0.2) is 42.2 Å². The van der Waals surface area contributed by atoms with Crippen LogP contribution in [0.4, 0.5) is 4.79 Å². The second-order valence-corrected chi connectivity index (χ2v) is 4.57.